The van der Waals surface area contributed by atoms with Crippen LogP contribution in [0.15, 0.2) is 192 Å². The molecule has 0 saturated heterocycles. The fourth-order valence-corrected chi connectivity index (χ4v) is 8.32. The molecule has 0 saturated carbocycles. The zero-order valence-electron chi connectivity index (χ0n) is 30.5. The first-order chi connectivity index (χ1) is 28.2. The number of esters is 1. The van der Waals surface area contributed by atoms with Gasteiger partial charge in [-0.2, -0.15) is 0 Å². The topological polar surface area (TPSA) is 82.6 Å². The van der Waals surface area contributed by atoms with Crippen molar-refractivity contribution in [2.75, 3.05) is 0 Å². The second kappa shape index (κ2) is 13.2. The smallest absolute Gasteiger partial charge is 0.343 e. The number of benzene rings is 6. The number of allylic oxidation sites excluding steroid dienone is 1. The lowest BCUT2D eigenvalue weighted by atomic mass is 9.90. The van der Waals surface area contributed by atoms with Crippen LogP contribution in [0.2, 0.25) is 0 Å². The quantitative estimate of drug-likeness (QED) is 0.176. The van der Waals surface area contributed by atoms with Gasteiger partial charge < -0.3 is 14.7 Å². The van der Waals surface area contributed by atoms with Gasteiger partial charge in [0.2, 0.25) is 0 Å². The van der Waals surface area contributed by atoms with Crippen molar-refractivity contribution in [2.45, 2.75) is 0 Å². The van der Waals surface area contributed by atoms with Crippen molar-refractivity contribution in [3.05, 3.63) is 237 Å². The van der Waals surface area contributed by atoms with Crippen LogP contribution in [0.5, 0.6) is 0 Å². The minimum atomic E-state index is -0.465. The fourth-order valence-electron chi connectivity index (χ4n) is 8.32. The van der Waals surface area contributed by atoms with Crippen LogP contribution in [0.25, 0.3) is 50.2 Å². The van der Waals surface area contributed by atoms with Crippen LogP contribution >= 0.6 is 0 Å². The first-order valence-electron chi connectivity index (χ1n) is 19.0. The van der Waals surface area contributed by atoms with Crippen LogP contribution in [0.4, 0.5) is 0 Å². The van der Waals surface area contributed by atoms with E-state index in [1.54, 1.807) is 12.1 Å². The maximum Gasteiger partial charge on any atom is 0.343 e. The van der Waals surface area contributed by atoms with Crippen LogP contribution in [-0.4, -0.2) is 21.6 Å². The molecule has 57 heavy (non-hydrogen) atoms. The van der Waals surface area contributed by atoms with Gasteiger partial charge in [0.15, 0.2) is 5.76 Å². The number of aromatic amines is 2. The molecule has 0 aliphatic carbocycles. The largest absolute Gasteiger partial charge is 0.420 e. The van der Waals surface area contributed by atoms with Crippen LogP contribution in [0, 0.1) is 0 Å². The van der Waals surface area contributed by atoms with Gasteiger partial charge >= 0.3 is 5.97 Å². The van der Waals surface area contributed by atoms with Gasteiger partial charge in [0.05, 0.1) is 33.6 Å². The van der Waals surface area contributed by atoms with Crippen LogP contribution in [-0.2, 0) is 4.74 Å². The summed E-state index contributed by atoms with van der Waals surface area (Å²) < 4.78 is 6.60. The molecular weight excluding hydrogens is 701 g/mol. The number of hydrogen-bond donors (Lipinski definition) is 2. The van der Waals surface area contributed by atoms with Gasteiger partial charge in [-0.1, -0.05) is 133 Å². The Hall–Kier alpha value is -7.83. The van der Waals surface area contributed by atoms with Gasteiger partial charge in [-0.3, -0.25) is 0 Å². The van der Waals surface area contributed by atoms with E-state index >= 15 is 0 Å². The first kappa shape index (κ1) is 32.6. The summed E-state index contributed by atoms with van der Waals surface area (Å²) in [7, 11) is 0. The highest BCUT2D eigenvalue weighted by Gasteiger charge is 2.31. The molecule has 0 amide bonds. The highest BCUT2D eigenvalue weighted by molar-refractivity contribution is 6.31. The summed E-state index contributed by atoms with van der Waals surface area (Å²) in [6.45, 7) is 0. The predicted molar refractivity (Wildman–Crippen MR) is 227 cm³/mol. The number of nitrogens with one attached hydrogen (secondary N) is 2. The average molecular weight is 733 g/mol. The summed E-state index contributed by atoms with van der Waals surface area (Å²) in [5, 5.41) is 5.46. The molecule has 2 N–H and O–H groups in total. The summed E-state index contributed by atoms with van der Waals surface area (Å²) >= 11 is 0. The maximum atomic E-state index is 14.2. The lowest BCUT2D eigenvalue weighted by molar-refractivity contribution is 0.0693. The Morgan fingerprint density at radius 1 is 0.491 bits per heavy atom. The van der Waals surface area contributed by atoms with Crippen molar-refractivity contribution in [1.82, 2.24) is 9.97 Å². The fraction of sp³-hybridized carbons (Fsp3) is 0. The van der Waals surface area contributed by atoms with E-state index in [1.807, 2.05) is 66.7 Å². The van der Waals surface area contributed by atoms with Gasteiger partial charge in [0.25, 0.3) is 0 Å². The van der Waals surface area contributed by atoms with E-state index in [9.17, 15) is 4.79 Å². The monoisotopic (exact) mass is 732 g/mol. The molecule has 5 heterocycles. The second-order valence-electron chi connectivity index (χ2n) is 14.2. The summed E-state index contributed by atoms with van der Waals surface area (Å²) in [5.74, 6) is -0.0794. The molecular formula is C51H32N4O2. The predicted octanol–water partition coefficient (Wildman–Crippen LogP) is 8.06. The van der Waals surface area contributed by atoms with Crippen LogP contribution in [0.1, 0.15) is 38.4 Å². The number of H-pyrrole nitrogens is 2. The van der Waals surface area contributed by atoms with E-state index in [1.165, 1.54) is 0 Å². The molecule has 6 aromatic carbocycles. The molecule has 2 aromatic heterocycles. The number of nitrogens with zero attached hydrogens (tertiary/aromatic N) is 2. The summed E-state index contributed by atoms with van der Waals surface area (Å²) in [4.78, 5) is 32.6. The Bertz CT molecular complexity index is 3300. The standard InChI is InChI=1S/C51H32N4O2/c56-51(34-21-11-4-12-22-34)57-50-47-43(31-15-5-1-6-16-31)35-23-13-14-24-36(35)46-41-28-27-39(53-41)44(32-17-7-2-8-18-32)37-25-26-38(52-37)45(33-19-9-3-10-20-33)40-29-30-42(54-40)48(50)55-49(46)47/h1-30,52,54H. The second-order valence-corrected chi connectivity index (χ2v) is 14.2. The molecule has 3 aliphatic heterocycles. The molecule has 8 aromatic rings. The number of carbonyl (C=O) groups excluding carboxylic acids is 1. The number of aromatic nitrogens is 2. The molecule has 0 atom stereocenters. The molecule has 6 heteroatoms. The normalized spacial score (nSPS) is 14.0. The lowest BCUT2D eigenvalue weighted by Gasteiger charge is -2.16. The van der Waals surface area contributed by atoms with Crippen LogP contribution < -0.4 is 21.3 Å². The molecule has 6 nitrogen and oxygen atoms in total. The van der Waals surface area contributed by atoms with Crippen molar-refractivity contribution in [1.29, 1.82) is 0 Å². The lowest BCUT2D eigenvalue weighted by Crippen LogP contribution is -2.31. The van der Waals surface area contributed by atoms with Crippen molar-refractivity contribution in [3.63, 3.8) is 0 Å². The Kier molecular flexibility index (Phi) is 7.54. The number of ether oxygens (including phenoxy) is 1. The summed E-state index contributed by atoms with van der Waals surface area (Å²) in [6, 6.07) is 56.9. The van der Waals surface area contributed by atoms with Gasteiger partial charge in [-0.05, 0) is 76.0 Å². The van der Waals surface area contributed by atoms with Crippen molar-refractivity contribution in [2.24, 2.45) is 9.98 Å². The molecule has 0 radical (unpaired) electrons. The van der Waals surface area contributed by atoms with Crippen LogP contribution in [0.3, 0.4) is 0 Å². The Morgan fingerprint density at radius 2 is 1.07 bits per heavy atom. The molecule has 268 valence electrons. The van der Waals surface area contributed by atoms with Crippen molar-refractivity contribution < 1.29 is 9.53 Å². The molecule has 11 rings (SSSR count). The van der Waals surface area contributed by atoms with E-state index in [0.29, 0.717) is 28.1 Å². The maximum absolute atomic E-state index is 14.2. The Balaban J connectivity index is 1.32. The van der Waals surface area contributed by atoms with E-state index in [0.717, 1.165) is 82.8 Å². The van der Waals surface area contributed by atoms with Gasteiger partial charge in [0.1, 0.15) is 5.70 Å². The molecule has 8 bridgehead atoms. The van der Waals surface area contributed by atoms with E-state index < -0.39 is 5.97 Å². The third-order valence-corrected chi connectivity index (χ3v) is 10.8. The number of carbonyl (C=O) groups is 1. The van der Waals surface area contributed by atoms with E-state index in [2.05, 4.69) is 113 Å². The third-order valence-electron chi connectivity index (χ3n) is 10.8. The summed E-state index contributed by atoms with van der Waals surface area (Å²) in [5.41, 5.74) is 10.9. The average Bonchev–Trinajstić information content (AvgIpc) is 4.10. The Labute approximate surface area is 327 Å². The van der Waals surface area contributed by atoms with Crippen molar-refractivity contribution in [3.8, 4) is 11.1 Å². The SMILES string of the molecule is O=C(OC1=C2N=c3c1c(-c1ccccc1)c1ccccc1c3=C1C=CC(=N1)C(c1ccccc1)=c1ccc([nH]1)=C(c1ccccc1)c1ccc2[nH]1)c1ccccc1. The number of hydrogen-bond acceptors (Lipinski definition) is 4. The molecule has 0 fully saturated rings. The zero-order chi connectivity index (χ0) is 37.9. The Morgan fingerprint density at radius 3 is 1.77 bits per heavy atom. The number of rotatable bonds is 5. The number of aliphatic imine (C=N–C) groups is 1. The highest BCUT2D eigenvalue weighted by atomic mass is 16.5. The molecule has 0 spiro atoms. The minimum Gasteiger partial charge on any atom is -0.420 e. The van der Waals surface area contributed by atoms with E-state index in [4.69, 9.17) is 14.7 Å². The third kappa shape index (κ3) is 5.38. The first-order valence-corrected chi connectivity index (χ1v) is 19.0. The number of fused-ring (bicyclic) bond motifs is 9. The zero-order valence-corrected chi connectivity index (χ0v) is 30.5. The van der Waals surface area contributed by atoms with Crippen molar-refractivity contribution >= 4 is 50.8 Å². The summed E-state index contributed by atoms with van der Waals surface area (Å²) in [6.07, 6.45) is 4.17. The van der Waals surface area contributed by atoms with Gasteiger partial charge in [0, 0.05) is 38.3 Å². The van der Waals surface area contributed by atoms with E-state index in [-0.39, 0.29) is 0 Å². The van der Waals surface area contributed by atoms with Gasteiger partial charge in [-0.25, -0.2) is 14.8 Å². The van der Waals surface area contributed by atoms with Gasteiger partial charge in [-0.15, -0.1) is 0 Å². The minimum absolute atomic E-state index is 0.386. The molecule has 3 aliphatic rings. The highest BCUT2D eigenvalue weighted by Crippen LogP contribution is 2.40. The molecule has 0 unspecified atom stereocenters.